The van der Waals surface area contributed by atoms with Crippen molar-refractivity contribution >= 4 is 24.5 Å². The molecule has 80 valence electrons. The molecule has 0 aliphatic heterocycles. The van der Waals surface area contributed by atoms with Crippen LogP contribution in [0, 0.1) is 0 Å². The average molecular weight is 226 g/mol. The zero-order valence-electron chi connectivity index (χ0n) is 7.75. The number of carboxylic acids is 1. The van der Waals surface area contributed by atoms with Crippen LogP contribution in [0.5, 0.6) is 0 Å². The van der Waals surface area contributed by atoms with Gasteiger partial charge in [-0.05, 0) is 12.1 Å². The number of hydrogen-bond donors (Lipinski definition) is 3. The van der Waals surface area contributed by atoms with Crippen LogP contribution in [0.1, 0.15) is 10.4 Å². The molecule has 1 rings (SSSR count). The zero-order valence-corrected chi connectivity index (χ0v) is 8.65. The molecule has 1 amide bonds. The number of thiol groups is 1. The van der Waals surface area contributed by atoms with Gasteiger partial charge in [-0.15, -0.1) is 0 Å². The van der Waals surface area contributed by atoms with Crippen LogP contribution in [-0.2, 0) is 4.79 Å². The summed E-state index contributed by atoms with van der Waals surface area (Å²) >= 11 is 3.83. The molecule has 0 saturated heterocycles. The third kappa shape index (κ3) is 3.25. The predicted molar refractivity (Wildman–Crippen MR) is 57.0 cm³/mol. The molecule has 1 unspecified atom stereocenters. The van der Waals surface area contributed by atoms with Gasteiger partial charge in [0.25, 0.3) is 5.91 Å². The second-order valence-corrected chi connectivity index (χ2v) is 3.15. The van der Waals surface area contributed by atoms with E-state index in [9.17, 15) is 9.59 Å². The smallest absolute Gasteiger partial charge is 0.327 e. The second kappa shape index (κ2) is 5.35. The molecule has 0 aliphatic carbocycles. The van der Waals surface area contributed by atoms with Gasteiger partial charge in [0, 0.05) is 23.7 Å². The predicted octanol–water partition coefficient (Wildman–Crippen LogP) is 0.194. The lowest BCUT2D eigenvalue weighted by atomic mass is 10.2. The molecule has 0 aliphatic rings. The monoisotopic (exact) mass is 226 g/mol. The fraction of sp³-hybridized carbons (Fsp3) is 0.222. The van der Waals surface area contributed by atoms with Gasteiger partial charge in [0.05, 0.1) is 0 Å². The van der Waals surface area contributed by atoms with E-state index >= 15 is 0 Å². The van der Waals surface area contributed by atoms with Crippen LogP contribution in [0.3, 0.4) is 0 Å². The Kier molecular flexibility index (Phi) is 4.11. The number of pyridine rings is 1. The lowest BCUT2D eigenvalue weighted by Crippen LogP contribution is -2.42. The maximum atomic E-state index is 11.5. The molecule has 2 N–H and O–H groups in total. The van der Waals surface area contributed by atoms with Gasteiger partial charge in [0.2, 0.25) is 0 Å². The zero-order chi connectivity index (χ0) is 11.3. The lowest BCUT2D eigenvalue weighted by molar-refractivity contribution is -0.138. The molecule has 1 atom stereocenters. The number of nitrogens with one attached hydrogen (secondary N) is 1. The summed E-state index contributed by atoms with van der Waals surface area (Å²) in [5, 5.41) is 11.0. The molecule has 1 aromatic rings. The van der Waals surface area contributed by atoms with E-state index in [0.29, 0.717) is 5.56 Å². The highest BCUT2D eigenvalue weighted by Crippen LogP contribution is 1.98. The summed E-state index contributed by atoms with van der Waals surface area (Å²) < 4.78 is 0. The van der Waals surface area contributed by atoms with Crippen molar-refractivity contribution in [1.29, 1.82) is 0 Å². The molecule has 0 spiro atoms. The first-order chi connectivity index (χ1) is 7.15. The van der Waals surface area contributed by atoms with Gasteiger partial charge < -0.3 is 10.4 Å². The Hall–Kier alpha value is -1.56. The average Bonchev–Trinajstić information content (AvgIpc) is 2.26. The lowest BCUT2D eigenvalue weighted by Gasteiger charge is -2.11. The Morgan fingerprint density at radius 1 is 1.47 bits per heavy atom. The summed E-state index contributed by atoms with van der Waals surface area (Å²) in [7, 11) is 0. The van der Waals surface area contributed by atoms with Crippen LogP contribution < -0.4 is 5.32 Å². The third-order valence-corrected chi connectivity index (χ3v) is 2.09. The summed E-state index contributed by atoms with van der Waals surface area (Å²) in [5.74, 6) is -1.50. The maximum absolute atomic E-state index is 11.5. The summed E-state index contributed by atoms with van der Waals surface area (Å²) in [5.41, 5.74) is 0.373. The maximum Gasteiger partial charge on any atom is 0.327 e. The first kappa shape index (κ1) is 11.5. The van der Waals surface area contributed by atoms with Crippen LogP contribution >= 0.6 is 12.6 Å². The van der Waals surface area contributed by atoms with Crippen molar-refractivity contribution in [3.05, 3.63) is 30.1 Å². The first-order valence-electron chi connectivity index (χ1n) is 4.19. The number of rotatable bonds is 4. The molecule has 5 nitrogen and oxygen atoms in total. The van der Waals surface area contributed by atoms with Crippen LogP contribution in [0.25, 0.3) is 0 Å². The largest absolute Gasteiger partial charge is 0.480 e. The standard InChI is InChI=1S/C9H10N2O3S/c12-8(6-1-3-10-4-2-6)11-7(5-15)9(13)14/h1-4,7,15H,5H2,(H,11,12)(H,13,14). The number of nitrogens with zero attached hydrogens (tertiary/aromatic N) is 1. The molecule has 6 heteroatoms. The van der Waals surface area contributed by atoms with Gasteiger partial charge in [-0.2, -0.15) is 12.6 Å². The normalized spacial score (nSPS) is 11.8. The molecule has 0 aromatic carbocycles. The topological polar surface area (TPSA) is 79.3 Å². The van der Waals surface area contributed by atoms with Crippen molar-refractivity contribution in [2.75, 3.05) is 5.75 Å². The van der Waals surface area contributed by atoms with Gasteiger partial charge in [0.1, 0.15) is 6.04 Å². The van der Waals surface area contributed by atoms with E-state index in [-0.39, 0.29) is 5.75 Å². The third-order valence-electron chi connectivity index (χ3n) is 1.73. The van der Waals surface area contributed by atoms with Gasteiger partial charge in [-0.3, -0.25) is 9.78 Å². The summed E-state index contributed by atoms with van der Waals surface area (Å²) in [6, 6.07) is 2.04. The van der Waals surface area contributed by atoms with Crippen molar-refractivity contribution in [2.45, 2.75) is 6.04 Å². The van der Waals surface area contributed by atoms with Gasteiger partial charge in [-0.1, -0.05) is 0 Å². The Labute approximate surface area is 91.9 Å². The van der Waals surface area contributed by atoms with E-state index in [1.54, 1.807) is 0 Å². The Morgan fingerprint density at radius 2 is 2.07 bits per heavy atom. The highest BCUT2D eigenvalue weighted by molar-refractivity contribution is 7.80. The van der Waals surface area contributed by atoms with E-state index in [1.807, 2.05) is 0 Å². The van der Waals surface area contributed by atoms with Crippen molar-refractivity contribution < 1.29 is 14.7 Å². The molecular formula is C9H10N2O3S. The highest BCUT2D eigenvalue weighted by Gasteiger charge is 2.18. The van der Waals surface area contributed by atoms with E-state index in [1.165, 1.54) is 24.5 Å². The highest BCUT2D eigenvalue weighted by atomic mass is 32.1. The molecular weight excluding hydrogens is 216 g/mol. The Morgan fingerprint density at radius 3 is 2.53 bits per heavy atom. The number of aliphatic carboxylic acids is 1. The molecule has 0 saturated carbocycles. The van der Waals surface area contributed by atoms with Gasteiger partial charge >= 0.3 is 5.97 Å². The summed E-state index contributed by atoms with van der Waals surface area (Å²) in [4.78, 5) is 25.9. The molecule has 1 aromatic heterocycles. The number of carbonyl (C=O) groups is 2. The van der Waals surface area contributed by atoms with E-state index in [2.05, 4.69) is 22.9 Å². The minimum absolute atomic E-state index is 0.0478. The molecule has 1 heterocycles. The number of carboxylic acid groups (broad SMARTS) is 1. The quantitative estimate of drug-likeness (QED) is 0.640. The minimum atomic E-state index is -1.10. The van der Waals surface area contributed by atoms with Gasteiger partial charge in [-0.25, -0.2) is 4.79 Å². The SMILES string of the molecule is O=C(NC(CS)C(=O)O)c1ccncc1. The van der Waals surface area contributed by atoms with Crippen molar-refractivity contribution in [1.82, 2.24) is 10.3 Å². The first-order valence-corrected chi connectivity index (χ1v) is 4.83. The van der Waals surface area contributed by atoms with Crippen LogP contribution in [0.15, 0.2) is 24.5 Å². The number of hydrogen-bond acceptors (Lipinski definition) is 4. The second-order valence-electron chi connectivity index (χ2n) is 2.78. The fourth-order valence-electron chi connectivity index (χ4n) is 0.930. The molecule has 0 fully saturated rings. The van der Waals surface area contributed by atoms with E-state index < -0.39 is 17.9 Å². The number of amides is 1. The molecule has 0 bridgehead atoms. The Balaban J connectivity index is 2.67. The summed E-state index contributed by atoms with van der Waals surface area (Å²) in [6.07, 6.45) is 2.93. The fourth-order valence-corrected chi connectivity index (χ4v) is 1.18. The van der Waals surface area contributed by atoms with Crippen LogP contribution in [-0.4, -0.2) is 33.8 Å². The van der Waals surface area contributed by atoms with E-state index in [0.717, 1.165) is 0 Å². The molecule has 15 heavy (non-hydrogen) atoms. The summed E-state index contributed by atoms with van der Waals surface area (Å²) in [6.45, 7) is 0. The van der Waals surface area contributed by atoms with Gasteiger partial charge in [0.15, 0.2) is 0 Å². The Bertz CT molecular complexity index is 356. The minimum Gasteiger partial charge on any atom is -0.480 e. The van der Waals surface area contributed by atoms with Crippen molar-refractivity contribution in [3.63, 3.8) is 0 Å². The number of aromatic nitrogens is 1. The van der Waals surface area contributed by atoms with E-state index in [4.69, 9.17) is 5.11 Å². The van der Waals surface area contributed by atoms with Crippen molar-refractivity contribution in [2.24, 2.45) is 0 Å². The molecule has 0 radical (unpaired) electrons. The van der Waals surface area contributed by atoms with Crippen LogP contribution in [0.4, 0.5) is 0 Å². The van der Waals surface area contributed by atoms with Crippen molar-refractivity contribution in [3.8, 4) is 0 Å². The van der Waals surface area contributed by atoms with Crippen LogP contribution in [0.2, 0.25) is 0 Å². The number of carbonyl (C=O) groups excluding carboxylic acids is 1.